The third kappa shape index (κ3) is 13.7. The fraction of sp³-hybridized carbons (Fsp3) is 0.136. The number of phenolic OH excluding ortho intramolecular Hbond substituents is 3. The van der Waals surface area contributed by atoms with Gasteiger partial charge in [-0.15, -0.1) is 0 Å². The summed E-state index contributed by atoms with van der Waals surface area (Å²) in [4.78, 5) is 22.7. The molecule has 6 rings (SSSR count). The number of aromatic hydroxyl groups is 3. The van der Waals surface area contributed by atoms with Crippen LogP contribution < -0.4 is 25.7 Å². The maximum Gasteiger partial charge on any atom is 0.320 e. The monoisotopic (exact) mass is 2020 g/mol. The number of carboxylic acids is 2. The second kappa shape index (κ2) is 24.3. The molecule has 0 saturated heterocycles. The van der Waals surface area contributed by atoms with Crippen molar-refractivity contribution in [1.29, 1.82) is 0 Å². The Morgan fingerprint density at radius 3 is 1.18 bits per heavy atom. The quantitative estimate of drug-likeness (QED) is 0.0451. The molecule has 0 aromatic heterocycles. The molecule has 0 spiro atoms. The number of carbonyl (C=O) groups is 2. The van der Waals surface area contributed by atoms with Crippen LogP contribution in [0.1, 0.15) is 22.3 Å². The van der Waals surface area contributed by atoms with Crippen LogP contribution in [0.2, 0.25) is 0 Å². The van der Waals surface area contributed by atoms with Crippen LogP contribution in [-0.4, -0.2) is 49.6 Å². The van der Waals surface area contributed by atoms with Gasteiger partial charge in [-0.25, -0.2) is 0 Å². The maximum absolute atomic E-state index is 11.4. The molecule has 66 heavy (non-hydrogen) atoms. The number of nitrogens with two attached hydrogens (primary N) is 2. The van der Waals surface area contributed by atoms with Crippen LogP contribution in [-0.2, 0) is 35.3 Å². The molecule has 12 nitrogen and oxygen atoms in total. The van der Waals surface area contributed by atoms with E-state index in [0.717, 1.165) is 43.7 Å². The summed E-state index contributed by atoms with van der Waals surface area (Å²) in [7, 11) is 0. The molecule has 9 N–H and O–H groups in total. The summed E-state index contributed by atoms with van der Waals surface area (Å²) in [6.45, 7) is 0. The van der Waals surface area contributed by atoms with Gasteiger partial charge < -0.3 is 51.2 Å². The van der Waals surface area contributed by atoms with E-state index in [1.54, 1.807) is 24.3 Å². The Hall–Kier alpha value is 0.280. The Morgan fingerprint density at radius 1 is 0.455 bits per heavy atom. The van der Waals surface area contributed by atoms with Gasteiger partial charge in [-0.1, -0.05) is 0 Å². The highest BCUT2D eigenvalue weighted by Crippen LogP contribution is 2.47. The van der Waals surface area contributed by atoms with Gasteiger partial charge in [0.2, 0.25) is 0 Å². The Balaban J connectivity index is 1.24. The van der Waals surface area contributed by atoms with E-state index >= 15 is 0 Å². The zero-order chi connectivity index (χ0) is 48.5. The van der Waals surface area contributed by atoms with E-state index in [9.17, 15) is 35.1 Å². The molecule has 0 aliphatic carbocycles. The summed E-state index contributed by atoms with van der Waals surface area (Å²) in [5, 5.41) is 52.3. The predicted molar refractivity (Wildman–Crippen MR) is 336 cm³/mol. The molecule has 2 atom stereocenters. The molecule has 0 aliphatic heterocycles. The standard InChI is InChI=1S/C44H30I10N2O10/c45-24-13-19(11-22(37(24)57)23-12-20(14-25(46)38(23)58)65-41-29(50)5-17(6-30(41)51)9-33(55)43(60)61)64-40-27(48)3-16(4-28(40)49)1-2-21-35(15-26(47)39(59)36(21)54)66-42-31(52)7-18(8-32(42)53)10-34(56)44(62)63/h3-8,11-15,33-34,57-59H,1-2,9-10,55-56H2,(H,60,61)(H,62,63)/t33-,34-/m0/s1. The molecule has 0 bridgehead atoms. The van der Waals surface area contributed by atoms with Crippen LogP contribution in [0.15, 0.2) is 66.7 Å². The normalized spacial score (nSPS) is 12.2. The number of aliphatic carboxylic acids is 2. The topological polar surface area (TPSA) is 215 Å². The lowest BCUT2D eigenvalue weighted by Gasteiger charge is -2.19. The Labute approximate surface area is 515 Å². The Morgan fingerprint density at radius 2 is 0.803 bits per heavy atom. The first kappa shape index (κ1) is 55.6. The minimum Gasteiger partial charge on any atom is -0.506 e. The number of ether oxygens (including phenoxy) is 3. The van der Waals surface area contributed by atoms with Gasteiger partial charge in [-0.3, -0.25) is 9.59 Å². The van der Waals surface area contributed by atoms with E-state index in [2.05, 4.69) is 181 Å². The first-order chi connectivity index (χ1) is 31.0. The highest BCUT2D eigenvalue weighted by molar-refractivity contribution is 14.1. The van der Waals surface area contributed by atoms with Crippen LogP contribution in [0.5, 0.6) is 51.7 Å². The third-order valence-corrected chi connectivity index (χ3v) is 18.1. The second-order valence-electron chi connectivity index (χ2n) is 14.4. The first-order valence-corrected chi connectivity index (χ1v) is 29.5. The number of hydrogen-bond acceptors (Lipinski definition) is 10. The smallest absolute Gasteiger partial charge is 0.320 e. The van der Waals surface area contributed by atoms with E-state index in [-0.39, 0.29) is 30.1 Å². The van der Waals surface area contributed by atoms with Crippen LogP contribution >= 0.6 is 226 Å². The van der Waals surface area contributed by atoms with Gasteiger partial charge in [-0.05, 0) is 335 Å². The lowest BCUT2D eigenvalue weighted by atomic mass is 10.0. The maximum atomic E-state index is 11.4. The summed E-state index contributed by atoms with van der Waals surface area (Å²) in [5.41, 5.74) is 15.7. The van der Waals surface area contributed by atoms with Crippen molar-refractivity contribution in [1.82, 2.24) is 0 Å². The molecule has 0 saturated carbocycles. The van der Waals surface area contributed by atoms with Gasteiger partial charge in [0.1, 0.15) is 46.6 Å². The van der Waals surface area contributed by atoms with Crippen LogP contribution in [0.3, 0.4) is 0 Å². The summed E-state index contributed by atoms with van der Waals surface area (Å²) in [5.74, 6) is 1.17. The first-order valence-electron chi connectivity index (χ1n) is 18.7. The van der Waals surface area contributed by atoms with Gasteiger partial charge in [0.15, 0.2) is 17.2 Å². The van der Waals surface area contributed by atoms with Gasteiger partial charge in [0.25, 0.3) is 0 Å². The van der Waals surface area contributed by atoms with Gasteiger partial charge >= 0.3 is 11.9 Å². The average molecular weight is 2020 g/mol. The number of benzene rings is 6. The molecule has 0 radical (unpaired) electrons. The molecular weight excluding hydrogens is 1990 g/mol. The highest BCUT2D eigenvalue weighted by atomic mass is 127. The number of hydrogen-bond donors (Lipinski definition) is 7. The van der Waals surface area contributed by atoms with Crippen LogP contribution in [0.25, 0.3) is 11.1 Å². The van der Waals surface area contributed by atoms with Crippen molar-refractivity contribution in [3.05, 3.63) is 125 Å². The van der Waals surface area contributed by atoms with Gasteiger partial charge in [0, 0.05) is 16.7 Å². The van der Waals surface area contributed by atoms with Crippen molar-refractivity contribution >= 4 is 238 Å². The molecule has 6 aromatic rings. The summed E-state index contributed by atoms with van der Waals surface area (Å²) < 4.78 is 26.6. The van der Waals surface area contributed by atoms with Crippen molar-refractivity contribution in [2.24, 2.45) is 11.5 Å². The Bertz CT molecular complexity index is 2850. The fourth-order valence-electron chi connectivity index (χ4n) is 6.43. The zero-order valence-electron chi connectivity index (χ0n) is 33.0. The summed E-state index contributed by atoms with van der Waals surface area (Å²) >= 11 is 21.4. The van der Waals surface area contributed by atoms with Crippen molar-refractivity contribution in [3.63, 3.8) is 0 Å². The molecule has 22 heteroatoms. The lowest BCUT2D eigenvalue weighted by molar-refractivity contribution is -0.139. The fourth-order valence-corrected chi connectivity index (χ4v) is 15.9. The third-order valence-electron chi connectivity index (χ3n) is 9.65. The summed E-state index contributed by atoms with van der Waals surface area (Å²) in [6, 6.07) is 18.0. The number of phenols is 3. The van der Waals surface area contributed by atoms with E-state index in [4.69, 9.17) is 25.7 Å². The molecule has 0 amide bonds. The van der Waals surface area contributed by atoms with Crippen molar-refractivity contribution < 1.29 is 49.3 Å². The minimum absolute atomic E-state index is 0.0456. The molecule has 0 fully saturated rings. The molecule has 0 aliphatic rings. The van der Waals surface area contributed by atoms with Crippen LogP contribution in [0.4, 0.5) is 0 Å². The minimum atomic E-state index is -1.08. The number of carboxylic acid groups (broad SMARTS) is 2. The van der Waals surface area contributed by atoms with E-state index in [1.807, 2.05) is 87.6 Å². The average Bonchev–Trinajstić information content (AvgIpc) is 3.23. The number of rotatable bonds is 16. The van der Waals surface area contributed by atoms with Crippen molar-refractivity contribution in [2.75, 3.05) is 0 Å². The predicted octanol–water partition coefficient (Wildman–Crippen LogP) is 13.6. The van der Waals surface area contributed by atoms with Gasteiger partial charge in [-0.2, -0.15) is 0 Å². The Kier molecular flexibility index (Phi) is 20.5. The molecule has 0 unspecified atom stereocenters. The van der Waals surface area contributed by atoms with E-state index in [1.165, 1.54) is 0 Å². The second-order valence-corrected chi connectivity index (χ2v) is 25.9. The molecule has 346 valence electrons. The largest absolute Gasteiger partial charge is 0.506 e. The lowest BCUT2D eigenvalue weighted by Crippen LogP contribution is -2.32. The van der Waals surface area contributed by atoms with E-state index < -0.39 is 24.0 Å². The molecule has 0 heterocycles. The van der Waals surface area contributed by atoms with Crippen molar-refractivity contribution in [3.8, 4) is 62.9 Å². The number of aryl methyl sites for hydroxylation is 1. The highest BCUT2D eigenvalue weighted by Gasteiger charge is 2.24. The van der Waals surface area contributed by atoms with Crippen molar-refractivity contribution in [2.45, 2.75) is 37.8 Å². The van der Waals surface area contributed by atoms with E-state index in [0.29, 0.717) is 72.7 Å². The molecule has 6 aromatic carbocycles. The zero-order valence-corrected chi connectivity index (χ0v) is 54.6. The summed E-state index contributed by atoms with van der Waals surface area (Å²) in [6.07, 6.45) is 1.49. The van der Waals surface area contributed by atoms with Crippen LogP contribution in [0, 0.1) is 35.7 Å². The molecular formula is C44H30I10N2O10. The number of halogens is 10. The SMILES string of the molecule is N[C@@H](Cc1cc(I)c(Oc2cc(I)c(O)c(-c3cc(Oc4c(I)cc(CCc5c(Oc6c(I)cc(C[C@H](N)C(=O)O)cc6I)cc(I)c(O)c5I)cc4I)cc(I)c3O)c2)c(I)c1)C(=O)O. The van der Waals surface area contributed by atoms with Gasteiger partial charge in [0.05, 0.1) is 35.7 Å².